The van der Waals surface area contributed by atoms with E-state index in [0.29, 0.717) is 11.6 Å². The Morgan fingerprint density at radius 1 is 1.70 bits per heavy atom. The zero-order valence-electron chi connectivity index (χ0n) is 5.73. The van der Waals surface area contributed by atoms with Gasteiger partial charge in [0.25, 0.3) is 0 Å². The average molecular weight is 156 g/mol. The topological polar surface area (TPSA) is 9.23 Å². The second-order valence-electron chi connectivity index (χ2n) is 1.81. The van der Waals surface area contributed by atoms with Gasteiger partial charge in [-0.25, -0.2) is 0 Å². The second-order valence-corrected chi connectivity index (χ2v) is 2.21. The molecule has 1 rings (SSSR count). The molecule has 10 heavy (non-hydrogen) atoms. The van der Waals surface area contributed by atoms with E-state index < -0.39 is 0 Å². The summed E-state index contributed by atoms with van der Waals surface area (Å²) in [6.45, 7) is 2.60. The van der Waals surface area contributed by atoms with Crippen molar-refractivity contribution in [2.75, 3.05) is 6.61 Å². The van der Waals surface area contributed by atoms with Gasteiger partial charge in [0.2, 0.25) is 0 Å². The summed E-state index contributed by atoms with van der Waals surface area (Å²) in [6.07, 6.45) is 0. The van der Waals surface area contributed by atoms with Crippen LogP contribution in [0.15, 0.2) is 18.2 Å². The van der Waals surface area contributed by atoms with Gasteiger partial charge in [-0.1, -0.05) is 11.6 Å². The largest absolute Gasteiger partial charge is 0.494 e. The molecular weight excluding hydrogens is 148 g/mol. The highest BCUT2D eigenvalue weighted by Crippen LogP contribution is 2.15. The highest BCUT2D eigenvalue weighted by Gasteiger charge is 1.91. The molecule has 0 heterocycles. The number of hydrogen-bond acceptors (Lipinski definition) is 1. The molecule has 0 bridgehead atoms. The smallest absolute Gasteiger partial charge is 0.120 e. The van der Waals surface area contributed by atoms with E-state index in [2.05, 4.69) is 6.07 Å². The predicted molar refractivity (Wildman–Crippen MR) is 41.5 cm³/mol. The SMILES string of the molecule is CCOc1cc[c]c(Cl)c1. The van der Waals surface area contributed by atoms with Crippen LogP contribution in [0.3, 0.4) is 0 Å². The molecular formula is C8H8ClO. The van der Waals surface area contributed by atoms with E-state index >= 15 is 0 Å². The summed E-state index contributed by atoms with van der Waals surface area (Å²) >= 11 is 5.65. The Kier molecular flexibility index (Phi) is 2.57. The first kappa shape index (κ1) is 7.42. The zero-order chi connectivity index (χ0) is 7.40. The highest BCUT2D eigenvalue weighted by molar-refractivity contribution is 6.30. The maximum atomic E-state index is 5.65. The van der Waals surface area contributed by atoms with Crippen molar-refractivity contribution in [3.05, 3.63) is 29.3 Å². The predicted octanol–water partition coefficient (Wildman–Crippen LogP) is 2.54. The van der Waals surface area contributed by atoms with Crippen molar-refractivity contribution in [2.45, 2.75) is 6.92 Å². The summed E-state index contributed by atoms with van der Waals surface area (Å²) < 4.78 is 5.18. The van der Waals surface area contributed by atoms with Gasteiger partial charge >= 0.3 is 0 Å². The number of ether oxygens (including phenoxy) is 1. The quantitative estimate of drug-likeness (QED) is 0.638. The maximum Gasteiger partial charge on any atom is 0.120 e. The second kappa shape index (κ2) is 3.47. The molecule has 1 nitrogen and oxygen atoms in total. The van der Waals surface area contributed by atoms with E-state index in [4.69, 9.17) is 16.3 Å². The van der Waals surface area contributed by atoms with Crippen LogP contribution in [0.2, 0.25) is 5.02 Å². The normalized spacial score (nSPS) is 9.40. The van der Waals surface area contributed by atoms with Crippen molar-refractivity contribution < 1.29 is 4.74 Å². The van der Waals surface area contributed by atoms with Gasteiger partial charge in [-0.2, -0.15) is 0 Å². The van der Waals surface area contributed by atoms with Gasteiger partial charge in [-0.3, -0.25) is 0 Å². The fraction of sp³-hybridized carbons (Fsp3) is 0.250. The first-order chi connectivity index (χ1) is 4.83. The summed E-state index contributed by atoms with van der Waals surface area (Å²) in [6, 6.07) is 8.13. The van der Waals surface area contributed by atoms with Crippen LogP contribution in [0.4, 0.5) is 0 Å². The Morgan fingerprint density at radius 3 is 3.10 bits per heavy atom. The number of rotatable bonds is 2. The molecule has 0 aliphatic carbocycles. The Labute approximate surface area is 65.6 Å². The first-order valence-electron chi connectivity index (χ1n) is 3.13. The van der Waals surface area contributed by atoms with Gasteiger partial charge in [0, 0.05) is 6.07 Å². The molecule has 1 aromatic rings. The maximum absolute atomic E-state index is 5.65. The molecule has 0 saturated carbocycles. The first-order valence-corrected chi connectivity index (χ1v) is 3.50. The van der Waals surface area contributed by atoms with Gasteiger partial charge in [-0.05, 0) is 25.1 Å². The van der Waals surface area contributed by atoms with Crippen LogP contribution in [-0.4, -0.2) is 6.61 Å². The fourth-order valence-corrected chi connectivity index (χ4v) is 0.845. The van der Waals surface area contributed by atoms with Crippen LogP contribution in [0.25, 0.3) is 0 Å². The molecule has 0 aliphatic rings. The molecule has 2 heteroatoms. The van der Waals surface area contributed by atoms with Crippen LogP contribution < -0.4 is 4.74 Å². The molecule has 0 unspecified atom stereocenters. The van der Waals surface area contributed by atoms with Gasteiger partial charge < -0.3 is 4.74 Å². The lowest BCUT2D eigenvalue weighted by molar-refractivity contribution is 0.340. The molecule has 1 radical (unpaired) electrons. The van der Waals surface area contributed by atoms with Gasteiger partial charge in [0.1, 0.15) is 5.75 Å². The summed E-state index contributed by atoms with van der Waals surface area (Å²) in [5, 5.41) is 0.589. The van der Waals surface area contributed by atoms with Crippen molar-refractivity contribution in [3.8, 4) is 5.75 Å². The van der Waals surface area contributed by atoms with Crippen molar-refractivity contribution >= 4 is 11.6 Å². The van der Waals surface area contributed by atoms with Crippen molar-refractivity contribution in [3.63, 3.8) is 0 Å². The fourth-order valence-electron chi connectivity index (χ4n) is 0.675. The van der Waals surface area contributed by atoms with Gasteiger partial charge in [-0.15, -0.1) is 0 Å². The molecule has 0 saturated heterocycles. The molecule has 0 N–H and O–H groups in total. The number of halogens is 1. The van der Waals surface area contributed by atoms with E-state index in [1.807, 2.05) is 13.0 Å². The minimum Gasteiger partial charge on any atom is -0.494 e. The van der Waals surface area contributed by atoms with E-state index in [9.17, 15) is 0 Å². The molecule has 0 aliphatic heterocycles. The lowest BCUT2D eigenvalue weighted by Crippen LogP contribution is -1.89. The molecule has 0 amide bonds. The Morgan fingerprint density at radius 2 is 2.50 bits per heavy atom. The van der Waals surface area contributed by atoms with E-state index in [0.717, 1.165) is 5.75 Å². The third-order valence-corrected chi connectivity index (χ3v) is 1.27. The van der Waals surface area contributed by atoms with Crippen LogP contribution in [-0.2, 0) is 0 Å². The number of hydrogen-bond donors (Lipinski definition) is 0. The summed E-state index contributed by atoms with van der Waals surface area (Å²) in [4.78, 5) is 0. The molecule has 0 spiro atoms. The van der Waals surface area contributed by atoms with Crippen LogP contribution in [0.5, 0.6) is 5.75 Å². The summed E-state index contributed by atoms with van der Waals surface area (Å²) in [5.41, 5.74) is 0. The lowest BCUT2D eigenvalue weighted by Gasteiger charge is -2.00. The highest BCUT2D eigenvalue weighted by atomic mass is 35.5. The van der Waals surface area contributed by atoms with Crippen LogP contribution >= 0.6 is 11.6 Å². The van der Waals surface area contributed by atoms with Crippen molar-refractivity contribution in [2.24, 2.45) is 0 Å². The molecule has 0 aromatic heterocycles. The van der Waals surface area contributed by atoms with Crippen LogP contribution in [0.1, 0.15) is 6.92 Å². The Hall–Kier alpha value is -0.690. The zero-order valence-corrected chi connectivity index (χ0v) is 6.48. The average Bonchev–Trinajstić information content (AvgIpc) is 1.88. The molecule has 0 fully saturated rings. The minimum atomic E-state index is 0.589. The standard InChI is InChI=1S/C8H8ClO/c1-2-10-8-5-3-4-7(9)6-8/h3,5-6H,2H2,1H3. The molecule has 0 atom stereocenters. The van der Waals surface area contributed by atoms with Crippen molar-refractivity contribution in [1.29, 1.82) is 0 Å². The lowest BCUT2D eigenvalue weighted by atomic mass is 10.3. The number of benzene rings is 1. The summed E-state index contributed by atoms with van der Waals surface area (Å²) in [7, 11) is 0. The van der Waals surface area contributed by atoms with Crippen LogP contribution in [0, 0.1) is 6.07 Å². The minimum absolute atomic E-state index is 0.589. The third-order valence-electron chi connectivity index (χ3n) is 1.05. The molecule has 1 aromatic carbocycles. The van der Waals surface area contributed by atoms with E-state index in [1.54, 1.807) is 12.1 Å². The van der Waals surface area contributed by atoms with E-state index in [-0.39, 0.29) is 0 Å². The summed E-state index contributed by atoms with van der Waals surface area (Å²) in [5.74, 6) is 0.797. The Bertz CT molecular complexity index is 210. The van der Waals surface area contributed by atoms with Crippen molar-refractivity contribution in [1.82, 2.24) is 0 Å². The monoisotopic (exact) mass is 155 g/mol. The third kappa shape index (κ3) is 1.92. The van der Waals surface area contributed by atoms with Gasteiger partial charge in [0.15, 0.2) is 0 Å². The van der Waals surface area contributed by atoms with E-state index in [1.165, 1.54) is 0 Å². The molecule has 53 valence electrons. The Balaban J connectivity index is 2.75. The van der Waals surface area contributed by atoms with Gasteiger partial charge in [0.05, 0.1) is 11.6 Å².